The number of nitrogens with zero attached hydrogens (tertiary/aromatic N) is 2. The SMILES string of the molecule is CCc1ccccc1CN1CCCn2cccc2C1c1ccc(Cl)cc1. The average molecular weight is 365 g/mol. The number of hydrogen-bond acceptors (Lipinski definition) is 1. The Kier molecular flexibility index (Phi) is 5.14. The number of aromatic nitrogens is 1. The molecule has 0 saturated heterocycles. The molecule has 4 rings (SSSR count). The Labute approximate surface area is 161 Å². The van der Waals surface area contributed by atoms with Crippen molar-refractivity contribution in [2.24, 2.45) is 0 Å². The molecule has 1 aromatic heterocycles. The zero-order chi connectivity index (χ0) is 17.9. The summed E-state index contributed by atoms with van der Waals surface area (Å²) in [6.07, 6.45) is 4.45. The predicted octanol–water partition coefficient (Wildman–Crippen LogP) is 5.70. The van der Waals surface area contributed by atoms with Crippen LogP contribution in [-0.2, 0) is 19.5 Å². The van der Waals surface area contributed by atoms with Crippen LogP contribution in [0.5, 0.6) is 0 Å². The van der Waals surface area contributed by atoms with Crippen molar-refractivity contribution in [1.29, 1.82) is 0 Å². The van der Waals surface area contributed by atoms with Gasteiger partial charge in [0.2, 0.25) is 0 Å². The van der Waals surface area contributed by atoms with Crippen LogP contribution in [0.2, 0.25) is 5.02 Å². The summed E-state index contributed by atoms with van der Waals surface area (Å²) in [5.74, 6) is 0. The molecule has 2 aromatic carbocycles. The fourth-order valence-corrected chi connectivity index (χ4v) is 4.24. The zero-order valence-electron chi connectivity index (χ0n) is 15.2. The minimum Gasteiger partial charge on any atom is -0.350 e. The van der Waals surface area contributed by atoms with Gasteiger partial charge in [-0.1, -0.05) is 54.9 Å². The minimum absolute atomic E-state index is 0.259. The maximum atomic E-state index is 6.15. The standard InChI is InChI=1S/C23H25ClN2/c1-2-18-7-3-4-8-20(18)17-26-16-6-15-25-14-5-9-22(25)23(26)19-10-12-21(24)13-11-19/h3-5,7-14,23H,2,6,15-17H2,1H3. The maximum Gasteiger partial charge on any atom is 0.0759 e. The molecule has 3 heteroatoms. The number of aryl methyl sites for hydroxylation is 2. The van der Waals surface area contributed by atoms with Crippen molar-refractivity contribution in [1.82, 2.24) is 9.47 Å². The van der Waals surface area contributed by atoms with E-state index in [9.17, 15) is 0 Å². The van der Waals surface area contributed by atoms with Gasteiger partial charge in [-0.25, -0.2) is 0 Å². The molecule has 2 nitrogen and oxygen atoms in total. The number of benzene rings is 2. The molecule has 1 atom stereocenters. The van der Waals surface area contributed by atoms with Gasteiger partial charge >= 0.3 is 0 Å². The topological polar surface area (TPSA) is 8.17 Å². The van der Waals surface area contributed by atoms with Gasteiger partial charge in [-0.05, 0) is 53.8 Å². The molecular formula is C23H25ClN2. The Hall–Kier alpha value is -2.03. The van der Waals surface area contributed by atoms with Crippen LogP contribution in [0.3, 0.4) is 0 Å². The van der Waals surface area contributed by atoms with E-state index in [0.29, 0.717) is 0 Å². The van der Waals surface area contributed by atoms with E-state index in [0.717, 1.165) is 31.1 Å². The van der Waals surface area contributed by atoms with Crippen molar-refractivity contribution in [2.75, 3.05) is 6.54 Å². The molecule has 2 heterocycles. The van der Waals surface area contributed by atoms with E-state index >= 15 is 0 Å². The van der Waals surface area contributed by atoms with Crippen LogP contribution >= 0.6 is 11.6 Å². The first kappa shape index (κ1) is 17.4. The van der Waals surface area contributed by atoms with Crippen LogP contribution in [0.25, 0.3) is 0 Å². The van der Waals surface area contributed by atoms with Gasteiger partial charge in [0, 0.05) is 36.5 Å². The number of halogens is 1. The molecule has 0 amide bonds. The Bertz CT molecular complexity index is 866. The maximum absolute atomic E-state index is 6.15. The summed E-state index contributed by atoms with van der Waals surface area (Å²) >= 11 is 6.15. The second kappa shape index (κ2) is 7.69. The third-order valence-electron chi connectivity index (χ3n) is 5.41. The lowest BCUT2D eigenvalue weighted by atomic mass is 9.99. The fraction of sp³-hybridized carbons (Fsp3) is 0.304. The van der Waals surface area contributed by atoms with Crippen molar-refractivity contribution in [3.05, 3.63) is 94.3 Å². The van der Waals surface area contributed by atoms with Crippen molar-refractivity contribution >= 4 is 11.6 Å². The molecule has 3 aromatic rings. The van der Waals surface area contributed by atoms with Crippen LogP contribution in [0.15, 0.2) is 66.9 Å². The highest BCUT2D eigenvalue weighted by Gasteiger charge is 2.27. The van der Waals surface area contributed by atoms with Gasteiger partial charge in [-0.3, -0.25) is 4.90 Å². The number of rotatable bonds is 4. The second-order valence-corrected chi connectivity index (χ2v) is 7.46. The smallest absolute Gasteiger partial charge is 0.0759 e. The number of hydrogen-bond donors (Lipinski definition) is 0. The van der Waals surface area contributed by atoms with Crippen molar-refractivity contribution in [2.45, 2.75) is 38.9 Å². The first-order valence-corrected chi connectivity index (χ1v) is 9.85. The van der Waals surface area contributed by atoms with E-state index in [4.69, 9.17) is 11.6 Å². The summed E-state index contributed by atoms with van der Waals surface area (Å²) in [6.45, 7) is 5.39. The third kappa shape index (κ3) is 3.44. The van der Waals surface area contributed by atoms with E-state index in [1.54, 1.807) is 0 Å². The first-order valence-electron chi connectivity index (χ1n) is 9.47. The predicted molar refractivity (Wildman–Crippen MR) is 109 cm³/mol. The highest BCUT2D eigenvalue weighted by Crippen LogP contribution is 2.34. The molecule has 0 radical (unpaired) electrons. The molecule has 0 N–H and O–H groups in total. The van der Waals surface area contributed by atoms with Crippen molar-refractivity contribution in [3.8, 4) is 0 Å². The highest BCUT2D eigenvalue weighted by molar-refractivity contribution is 6.30. The van der Waals surface area contributed by atoms with E-state index in [2.05, 4.69) is 71.1 Å². The van der Waals surface area contributed by atoms with Gasteiger partial charge < -0.3 is 4.57 Å². The molecule has 0 spiro atoms. The Morgan fingerprint density at radius 1 is 0.923 bits per heavy atom. The zero-order valence-corrected chi connectivity index (χ0v) is 16.0. The molecule has 26 heavy (non-hydrogen) atoms. The summed E-state index contributed by atoms with van der Waals surface area (Å²) in [6, 6.07) is 21.9. The van der Waals surface area contributed by atoms with Crippen LogP contribution in [-0.4, -0.2) is 16.0 Å². The van der Waals surface area contributed by atoms with Gasteiger partial charge in [0.15, 0.2) is 0 Å². The lowest BCUT2D eigenvalue weighted by Gasteiger charge is -2.31. The van der Waals surface area contributed by atoms with Gasteiger partial charge in [-0.15, -0.1) is 0 Å². The molecule has 0 fully saturated rings. The van der Waals surface area contributed by atoms with Gasteiger partial charge in [0.1, 0.15) is 0 Å². The van der Waals surface area contributed by atoms with Crippen LogP contribution in [0, 0.1) is 0 Å². The fourth-order valence-electron chi connectivity index (χ4n) is 4.11. The number of fused-ring (bicyclic) bond motifs is 1. The normalized spacial score (nSPS) is 17.7. The third-order valence-corrected chi connectivity index (χ3v) is 5.66. The van der Waals surface area contributed by atoms with Crippen molar-refractivity contribution < 1.29 is 0 Å². The summed E-state index contributed by atoms with van der Waals surface area (Å²) in [5.41, 5.74) is 5.57. The first-order chi connectivity index (χ1) is 12.8. The van der Waals surface area contributed by atoms with Crippen LogP contribution in [0.1, 0.15) is 41.8 Å². The quantitative estimate of drug-likeness (QED) is 0.576. The Balaban J connectivity index is 1.74. The van der Waals surface area contributed by atoms with Crippen LogP contribution < -0.4 is 0 Å². The molecule has 1 unspecified atom stereocenters. The van der Waals surface area contributed by atoms with Gasteiger partial charge in [-0.2, -0.15) is 0 Å². The molecule has 1 aliphatic heterocycles. The molecule has 1 aliphatic rings. The Morgan fingerprint density at radius 2 is 1.69 bits per heavy atom. The molecule has 0 bridgehead atoms. The summed E-state index contributed by atoms with van der Waals surface area (Å²) in [4.78, 5) is 2.62. The van der Waals surface area contributed by atoms with E-state index in [1.165, 1.54) is 28.8 Å². The lowest BCUT2D eigenvalue weighted by Crippen LogP contribution is -2.29. The monoisotopic (exact) mass is 364 g/mol. The highest BCUT2D eigenvalue weighted by atomic mass is 35.5. The second-order valence-electron chi connectivity index (χ2n) is 7.03. The summed E-state index contributed by atoms with van der Waals surface area (Å²) < 4.78 is 2.41. The summed E-state index contributed by atoms with van der Waals surface area (Å²) in [7, 11) is 0. The minimum atomic E-state index is 0.259. The van der Waals surface area contributed by atoms with Crippen molar-refractivity contribution in [3.63, 3.8) is 0 Å². The molecule has 0 saturated carbocycles. The van der Waals surface area contributed by atoms with E-state index in [1.807, 2.05) is 12.1 Å². The molecular weight excluding hydrogens is 340 g/mol. The molecule has 0 aliphatic carbocycles. The van der Waals surface area contributed by atoms with Gasteiger partial charge in [0.05, 0.1) is 6.04 Å². The van der Waals surface area contributed by atoms with Gasteiger partial charge in [0.25, 0.3) is 0 Å². The molecule has 134 valence electrons. The lowest BCUT2D eigenvalue weighted by molar-refractivity contribution is 0.220. The largest absolute Gasteiger partial charge is 0.350 e. The van der Waals surface area contributed by atoms with E-state index in [-0.39, 0.29) is 6.04 Å². The Morgan fingerprint density at radius 3 is 2.46 bits per heavy atom. The van der Waals surface area contributed by atoms with Crippen LogP contribution in [0.4, 0.5) is 0 Å². The summed E-state index contributed by atoms with van der Waals surface area (Å²) in [5, 5.41) is 0.792. The van der Waals surface area contributed by atoms with E-state index < -0.39 is 0 Å². The average Bonchev–Trinajstić information content (AvgIpc) is 3.05.